The van der Waals surface area contributed by atoms with Crippen LogP contribution in [0.15, 0.2) is 18.2 Å². The highest BCUT2D eigenvalue weighted by atomic mass is 16.5. The van der Waals surface area contributed by atoms with E-state index in [0.29, 0.717) is 18.4 Å². The van der Waals surface area contributed by atoms with Gasteiger partial charge in [-0.2, -0.15) is 0 Å². The zero-order valence-corrected chi connectivity index (χ0v) is 10.0. The first-order valence-electron chi connectivity index (χ1n) is 6.24. The van der Waals surface area contributed by atoms with Gasteiger partial charge < -0.3 is 10.1 Å². The molecule has 1 fully saturated rings. The molecule has 1 aromatic carbocycles. The van der Waals surface area contributed by atoms with Gasteiger partial charge in [-0.1, -0.05) is 6.07 Å². The smallest absolute Gasteiger partial charge is 0.220 e. The van der Waals surface area contributed by atoms with Crippen LogP contribution in [0.2, 0.25) is 0 Å². The molecule has 1 saturated heterocycles. The molecule has 0 spiro atoms. The predicted molar refractivity (Wildman–Crippen MR) is 65.2 cm³/mol. The van der Waals surface area contributed by atoms with Crippen LogP contribution >= 0.6 is 0 Å². The van der Waals surface area contributed by atoms with Gasteiger partial charge in [-0.15, -0.1) is 0 Å². The molecule has 3 heteroatoms. The van der Waals surface area contributed by atoms with Gasteiger partial charge in [0.15, 0.2) is 0 Å². The first-order chi connectivity index (χ1) is 8.28. The van der Waals surface area contributed by atoms with Crippen molar-refractivity contribution in [2.45, 2.75) is 37.6 Å². The van der Waals surface area contributed by atoms with E-state index in [2.05, 4.69) is 17.4 Å². The van der Waals surface area contributed by atoms with Crippen LogP contribution in [0.5, 0.6) is 5.75 Å². The molecule has 2 atom stereocenters. The van der Waals surface area contributed by atoms with Gasteiger partial charge in [0.2, 0.25) is 5.91 Å². The van der Waals surface area contributed by atoms with Crippen molar-refractivity contribution in [3.63, 3.8) is 0 Å². The first-order valence-corrected chi connectivity index (χ1v) is 6.24. The maximum absolute atomic E-state index is 11.4. The van der Waals surface area contributed by atoms with Crippen molar-refractivity contribution in [3.8, 4) is 5.75 Å². The molecular formula is C14H17NO2. The molecule has 1 aromatic rings. The molecule has 1 amide bonds. The lowest BCUT2D eigenvalue weighted by Gasteiger charge is -2.37. The summed E-state index contributed by atoms with van der Waals surface area (Å²) in [4.78, 5) is 11.4. The van der Waals surface area contributed by atoms with Crippen molar-refractivity contribution in [1.29, 1.82) is 0 Å². The normalized spacial score (nSPS) is 26.8. The largest absolute Gasteiger partial charge is 0.497 e. The number of aryl methyl sites for hydroxylation is 1. The van der Waals surface area contributed by atoms with Crippen molar-refractivity contribution in [2.24, 2.45) is 0 Å². The summed E-state index contributed by atoms with van der Waals surface area (Å²) in [6, 6.07) is 6.68. The van der Waals surface area contributed by atoms with Crippen molar-refractivity contribution in [3.05, 3.63) is 29.3 Å². The number of nitrogens with one attached hydrogen (secondary N) is 1. The number of carbonyl (C=O) groups excluding carboxylic acids is 1. The van der Waals surface area contributed by atoms with E-state index in [-0.39, 0.29) is 5.91 Å². The fourth-order valence-corrected chi connectivity index (χ4v) is 3.11. The average Bonchev–Trinajstić information content (AvgIpc) is 2.37. The number of rotatable bonds is 1. The number of carbonyl (C=O) groups is 1. The van der Waals surface area contributed by atoms with E-state index in [1.807, 2.05) is 6.07 Å². The lowest BCUT2D eigenvalue weighted by Crippen LogP contribution is -2.45. The Hall–Kier alpha value is -1.51. The lowest BCUT2D eigenvalue weighted by molar-refractivity contribution is -0.123. The van der Waals surface area contributed by atoms with E-state index in [0.717, 1.165) is 25.0 Å². The Morgan fingerprint density at radius 2 is 2.18 bits per heavy atom. The Kier molecular flexibility index (Phi) is 2.54. The number of amides is 1. The summed E-state index contributed by atoms with van der Waals surface area (Å²) in [5, 5.41) is 3.12. The van der Waals surface area contributed by atoms with E-state index in [1.54, 1.807) is 7.11 Å². The minimum Gasteiger partial charge on any atom is -0.497 e. The number of methoxy groups -OCH3 is 1. The molecule has 1 N–H and O–H groups in total. The molecule has 1 aliphatic carbocycles. The zero-order chi connectivity index (χ0) is 11.8. The Morgan fingerprint density at radius 3 is 3.00 bits per heavy atom. The van der Waals surface area contributed by atoms with Gasteiger partial charge in [0.1, 0.15) is 5.75 Å². The van der Waals surface area contributed by atoms with Gasteiger partial charge in [0, 0.05) is 18.4 Å². The number of hydrogen-bond acceptors (Lipinski definition) is 2. The van der Waals surface area contributed by atoms with Crippen LogP contribution in [0.4, 0.5) is 0 Å². The van der Waals surface area contributed by atoms with Crippen LogP contribution in [-0.2, 0) is 11.2 Å². The second-order valence-electron chi connectivity index (χ2n) is 4.92. The Morgan fingerprint density at radius 1 is 1.29 bits per heavy atom. The van der Waals surface area contributed by atoms with Crippen LogP contribution in [-0.4, -0.2) is 19.1 Å². The molecule has 1 heterocycles. The van der Waals surface area contributed by atoms with E-state index in [1.165, 1.54) is 11.1 Å². The quantitative estimate of drug-likeness (QED) is 0.803. The number of benzene rings is 1. The van der Waals surface area contributed by atoms with Crippen LogP contribution in [0, 0.1) is 0 Å². The van der Waals surface area contributed by atoms with Crippen molar-refractivity contribution in [2.75, 3.05) is 7.11 Å². The topological polar surface area (TPSA) is 38.3 Å². The second-order valence-corrected chi connectivity index (χ2v) is 4.92. The second kappa shape index (κ2) is 4.06. The zero-order valence-electron chi connectivity index (χ0n) is 10.0. The third kappa shape index (κ3) is 1.79. The third-order valence-corrected chi connectivity index (χ3v) is 3.99. The molecule has 0 unspecified atom stereocenters. The summed E-state index contributed by atoms with van der Waals surface area (Å²) >= 11 is 0. The highest BCUT2D eigenvalue weighted by Crippen LogP contribution is 2.38. The number of hydrogen-bond donors (Lipinski definition) is 1. The van der Waals surface area contributed by atoms with Gasteiger partial charge in [-0.25, -0.2) is 0 Å². The molecule has 1 aliphatic heterocycles. The van der Waals surface area contributed by atoms with Gasteiger partial charge in [-0.3, -0.25) is 4.79 Å². The molecule has 3 rings (SSSR count). The van der Waals surface area contributed by atoms with Crippen LogP contribution in [0.1, 0.15) is 36.3 Å². The van der Waals surface area contributed by atoms with Crippen molar-refractivity contribution < 1.29 is 9.53 Å². The molecule has 90 valence electrons. The van der Waals surface area contributed by atoms with Gasteiger partial charge >= 0.3 is 0 Å². The fourth-order valence-electron chi connectivity index (χ4n) is 3.11. The van der Waals surface area contributed by atoms with E-state index in [9.17, 15) is 4.79 Å². The molecule has 0 aromatic heterocycles. The summed E-state index contributed by atoms with van der Waals surface area (Å²) in [7, 11) is 1.70. The fraction of sp³-hybridized carbons (Fsp3) is 0.500. The SMILES string of the molecule is COc1ccc2c(c1)CC[C@@H]1NC(=O)CC[C@@H]21. The summed E-state index contributed by atoms with van der Waals surface area (Å²) in [6.07, 6.45) is 3.73. The van der Waals surface area contributed by atoms with Crippen molar-refractivity contribution in [1.82, 2.24) is 5.32 Å². The summed E-state index contributed by atoms with van der Waals surface area (Å²) in [5.41, 5.74) is 2.80. The molecule has 17 heavy (non-hydrogen) atoms. The molecule has 0 saturated carbocycles. The maximum Gasteiger partial charge on any atom is 0.220 e. The predicted octanol–water partition coefficient (Wildman–Crippen LogP) is 2.00. The van der Waals surface area contributed by atoms with Crippen LogP contribution in [0.25, 0.3) is 0 Å². The molecule has 0 radical (unpaired) electrons. The minimum atomic E-state index is 0.211. The number of piperidine rings is 1. The minimum absolute atomic E-state index is 0.211. The Balaban J connectivity index is 1.94. The standard InChI is InChI=1S/C14H17NO2/c1-17-10-3-4-11-9(8-10)2-6-13-12(11)5-7-14(16)15-13/h3-4,8,12-13H,2,5-7H2,1H3,(H,15,16)/t12-,13-/m0/s1. The molecular weight excluding hydrogens is 214 g/mol. The highest BCUT2D eigenvalue weighted by molar-refractivity contribution is 5.77. The summed E-state index contributed by atoms with van der Waals surface area (Å²) in [6.45, 7) is 0. The summed E-state index contributed by atoms with van der Waals surface area (Å²) < 4.78 is 5.26. The Labute approximate surface area is 101 Å². The monoisotopic (exact) mass is 231 g/mol. The van der Waals surface area contributed by atoms with E-state index < -0.39 is 0 Å². The van der Waals surface area contributed by atoms with Gasteiger partial charge in [0.05, 0.1) is 7.11 Å². The van der Waals surface area contributed by atoms with Crippen LogP contribution < -0.4 is 10.1 Å². The Bertz CT molecular complexity index is 456. The number of fused-ring (bicyclic) bond motifs is 3. The van der Waals surface area contributed by atoms with E-state index >= 15 is 0 Å². The van der Waals surface area contributed by atoms with Gasteiger partial charge in [0.25, 0.3) is 0 Å². The average molecular weight is 231 g/mol. The van der Waals surface area contributed by atoms with E-state index in [4.69, 9.17) is 4.74 Å². The lowest BCUT2D eigenvalue weighted by atomic mass is 9.75. The number of ether oxygens (including phenoxy) is 1. The highest BCUT2D eigenvalue weighted by Gasteiger charge is 2.34. The third-order valence-electron chi connectivity index (χ3n) is 3.99. The van der Waals surface area contributed by atoms with Gasteiger partial charge in [-0.05, 0) is 42.5 Å². The molecule has 0 bridgehead atoms. The summed E-state index contributed by atoms with van der Waals surface area (Å²) in [5.74, 6) is 1.65. The first kappa shape index (κ1) is 10.6. The molecule has 3 nitrogen and oxygen atoms in total. The maximum atomic E-state index is 11.4. The van der Waals surface area contributed by atoms with Crippen LogP contribution in [0.3, 0.4) is 0 Å². The molecule has 2 aliphatic rings. The van der Waals surface area contributed by atoms with Crippen molar-refractivity contribution >= 4 is 5.91 Å².